The molecule has 0 saturated carbocycles. The first kappa shape index (κ1) is 13.1. The molecule has 0 radical (unpaired) electrons. The lowest BCUT2D eigenvalue weighted by atomic mass is 10.00. The van der Waals surface area contributed by atoms with Crippen LogP contribution in [-0.2, 0) is 6.42 Å². The maximum absolute atomic E-state index is 10.9. The van der Waals surface area contributed by atoms with E-state index in [4.69, 9.17) is 5.11 Å². The number of likely N-dealkylation sites (tertiary alicyclic amines) is 1. The van der Waals surface area contributed by atoms with Crippen molar-refractivity contribution in [1.82, 2.24) is 19.5 Å². The number of piperidine rings is 1. The summed E-state index contributed by atoms with van der Waals surface area (Å²) in [6.07, 6.45) is 6.02. The number of pyridine rings is 1. The van der Waals surface area contributed by atoms with Crippen molar-refractivity contribution < 1.29 is 9.90 Å². The van der Waals surface area contributed by atoms with Crippen LogP contribution in [-0.4, -0.2) is 50.2 Å². The molecule has 6 nitrogen and oxygen atoms in total. The van der Waals surface area contributed by atoms with Gasteiger partial charge in [-0.2, -0.15) is 5.10 Å². The number of aromatic carboxylic acids is 1. The predicted molar refractivity (Wildman–Crippen MR) is 73.9 cm³/mol. The average Bonchev–Trinajstić information content (AvgIpc) is 2.82. The van der Waals surface area contributed by atoms with Crippen LogP contribution >= 0.6 is 0 Å². The topological polar surface area (TPSA) is 70.7 Å². The smallest absolute Gasteiger partial charge is 0.337 e. The Balaban J connectivity index is 1.83. The summed E-state index contributed by atoms with van der Waals surface area (Å²) in [5.41, 5.74) is 0.923. The van der Waals surface area contributed by atoms with Crippen molar-refractivity contribution in [1.29, 1.82) is 0 Å². The predicted octanol–water partition coefficient (Wildman–Crippen LogP) is 1.45. The van der Waals surface area contributed by atoms with Crippen LogP contribution in [0.3, 0.4) is 0 Å². The van der Waals surface area contributed by atoms with Crippen molar-refractivity contribution in [3.8, 4) is 0 Å². The van der Waals surface area contributed by atoms with Crippen molar-refractivity contribution in [3.05, 3.63) is 29.7 Å². The van der Waals surface area contributed by atoms with Crippen molar-refractivity contribution in [2.75, 3.05) is 13.6 Å². The number of rotatable bonds is 3. The lowest BCUT2D eigenvalue weighted by Gasteiger charge is -2.31. The second-order valence-electron chi connectivity index (χ2n) is 5.39. The van der Waals surface area contributed by atoms with E-state index in [9.17, 15) is 4.79 Å². The van der Waals surface area contributed by atoms with E-state index in [1.807, 2.05) is 0 Å². The van der Waals surface area contributed by atoms with Gasteiger partial charge < -0.3 is 10.0 Å². The molecule has 3 heterocycles. The van der Waals surface area contributed by atoms with Crippen molar-refractivity contribution in [2.45, 2.75) is 31.7 Å². The van der Waals surface area contributed by atoms with Crippen LogP contribution in [0.25, 0.3) is 5.65 Å². The van der Waals surface area contributed by atoms with Crippen molar-refractivity contribution in [3.63, 3.8) is 0 Å². The van der Waals surface area contributed by atoms with Gasteiger partial charge in [-0.3, -0.25) is 0 Å². The maximum Gasteiger partial charge on any atom is 0.337 e. The summed E-state index contributed by atoms with van der Waals surface area (Å²) in [6, 6.07) is 3.74. The Bertz CT molecular complexity index is 637. The van der Waals surface area contributed by atoms with E-state index in [1.54, 1.807) is 16.6 Å². The van der Waals surface area contributed by atoms with Gasteiger partial charge in [0.05, 0.1) is 5.56 Å². The summed E-state index contributed by atoms with van der Waals surface area (Å²) in [7, 11) is 2.14. The number of nitrogens with zero attached hydrogens (tertiary/aromatic N) is 4. The van der Waals surface area contributed by atoms with Crippen LogP contribution in [0.5, 0.6) is 0 Å². The first-order valence-electron chi connectivity index (χ1n) is 6.92. The number of carbonyl (C=O) groups is 1. The summed E-state index contributed by atoms with van der Waals surface area (Å²) in [4.78, 5) is 17.8. The Labute approximate surface area is 117 Å². The maximum atomic E-state index is 10.9. The monoisotopic (exact) mass is 274 g/mol. The van der Waals surface area contributed by atoms with Crippen LogP contribution in [0.15, 0.2) is 18.3 Å². The van der Waals surface area contributed by atoms with Crippen LogP contribution in [0.4, 0.5) is 0 Å². The molecule has 1 N–H and O–H groups in total. The normalized spacial score (nSPS) is 20.4. The molecule has 106 valence electrons. The molecule has 2 aromatic heterocycles. The van der Waals surface area contributed by atoms with Gasteiger partial charge in [-0.15, -0.1) is 0 Å². The van der Waals surface area contributed by atoms with E-state index in [1.165, 1.54) is 25.5 Å². The number of hydrogen-bond donors (Lipinski definition) is 1. The minimum Gasteiger partial charge on any atom is -0.478 e. The molecule has 1 fully saturated rings. The van der Waals surface area contributed by atoms with E-state index in [2.05, 4.69) is 22.0 Å². The van der Waals surface area contributed by atoms with Crippen LogP contribution < -0.4 is 0 Å². The molecule has 0 aliphatic carbocycles. The van der Waals surface area contributed by atoms with Gasteiger partial charge in [-0.05, 0) is 38.6 Å². The number of carboxylic acids is 1. The third kappa shape index (κ3) is 2.51. The van der Waals surface area contributed by atoms with Gasteiger partial charge in [0.2, 0.25) is 0 Å². The zero-order valence-electron chi connectivity index (χ0n) is 11.5. The Kier molecular flexibility index (Phi) is 3.40. The molecule has 0 aromatic carbocycles. The minimum atomic E-state index is -0.948. The van der Waals surface area contributed by atoms with Crippen molar-refractivity contribution in [2.24, 2.45) is 0 Å². The largest absolute Gasteiger partial charge is 0.478 e. The van der Waals surface area contributed by atoms with Crippen LogP contribution in [0.2, 0.25) is 0 Å². The highest BCUT2D eigenvalue weighted by Crippen LogP contribution is 2.18. The van der Waals surface area contributed by atoms with Crippen molar-refractivity contribution >= 4 is 11.6 Å². The van der Waals surface area contributed by atoms with Crippen LogP contribution in [0.1, 0.15) is 35.4 Å². The van der Waals surface area contributed by atoms with Gasteiger partial charge in [0, 0.05) is 18.7 Å². The molecule has 0 bridgehead atoms. The molecule has 1 aliphatic heterocycles. The fourth-order valence-electron chi connectivity index (χ4n) is 2.75. The molecule has 1 unspecified atom stereocenters. The highest BCUT2D eigenvalue weighted by Gasteiger charge is 2.21. The van der Waals surface area contributed by atoms with Crippen LogP contribution in [0, 0.1) is 0 Å². The fourth-order valence-corrected chi connectivity index (χ4v) is 2.75. The highest BCUT2D eigenvalue weighted by molar-refractivity contribution is 5.87. The summed E-state index contributed by atoms with van der Waals surface area (Å²) >= 11 is 0. The molecule has 0 amide bonds. The quantitative estimate of drug-likeness (QED) is 0.917. The zero-order valence-corrected chi connectivity index (χ0v) is 11.5. The number of fused-ring (bicyclic) bond motifs is 1. The third-order valence-corrected chi connectivity index (χ3v) is 3.96. The molecule has 6 heteroatoms. The molecule has 3 rings (SSSR count). The standard InChI is InChI=1S/C14H18N4O2/c1-17-7-3-2-4-11(17)8-12-15-13-6-5-10(14(19)20)9-18(13)16-12/h5-6,9,11H,2-4,7-8H2,1H3,(H,19,20). The Morgan fingerprint density at radius 1 is 1.45 bits per heavy atom. The number of hydrogen-bond acceptors (Lipinski definition) is 4. The zero-order chi connectivity index (χ0) is 14.1. The Hall–Kier alpha value is -1.95. The second kappa shape index (κ2) is 5.20. The van der Waals surface area contributed by atoms with Gasteiger partial charge in [0.25, 0.3) is 0 Å². The molecule has 1 atom stereocenters. The molecule has 2 aromatic rings. The number of likely N-dealkylation sites (N-methyl/N-ethyl adjacent to an activating group) is 1. The summed E-state index contributed by atoms with van der Waals surface area (Å²) < 4.78 is 1.56. The first-order valence-corrected chi connectivity index (χ1v) is 6.92. The van der Waals surface area contributed by atoms with E-state index >= 15 is 0 Å². The fraction of sp³-hybridized carbons (Fsp3) is 0.500. The number of aromatic nitrogens is 3. The second-order valence-corrected chi connectivity index (χ2v) is 5.39. The number of carboxylic acid groups (broad SMARTS) is 1. The van der Waals surface area contributed by atoms with E-state index in [0.717, 1.165) is 18.8 Å². The SMILES string of the molecule is CN1CCCCC1Cc1nc2ccc(C(=O)O)cn2n1. The van der Waals surface area contributed by atoms with Gasteiger partial charge in [-0.1, -0.05) is 6.42 Å². The van der Waals surface area contributed by atoms with Gasteiger partial charge in [0.1, 0.15) is 0 Å². The Morgan fingerprint density at radius 2 is 2.30 bits per heavy atom. The molecule has 1 saturated heterocycles. The van der Waals surface area contributed by atoms with E-state index in [0.29, 0.717) is 11.7 Å². The van der Waals surface area contributed by atoms with Gasteiger partial charge in [-0.25, -0.2) is 14.3 Å². The minimum absolute atomic E-state index is 0.226. The van der Waals surface area contributed by atoms with Gasteiger partial charge >= 0.3 is 5.97 Å². The molecular formula is C14H18N4O2. The summed E-state index contributed by atoms with van der Waals surface area (Å²) in [5.74, 6) is -0.165. The summed E-state index contributed by atoms with van der Waals surface area (Å²) in [5, 5.41) is 13.4. The highest BCUT2D eigenvalue weighted by atomic mass is 16.4. The molecule has 1 aliphatic rings. The van der Waals surface area contributed by atoms with Gasteiger partial charge in [0.15, 0.2) is 11.5 Å². The first-order chi connectivity index (χ1) is 9.63. The Morgan fingerprint density at radius 3 is 3.05 bits per heavy atom. The molecule has 20 heavy (non-hydrogen) atoms. The lowest BCUT2D eigenvalue weighted by molar-refractivity contribution is 0.0696. The average molecular weight is 274 g/mol. The van der Waals surface area contributed by atoms with E-state index in [-0.39, 0.29) is 5.56 Å². The summed E-state index contributed by atoms with van der Waals surface area (Å²) in [6.45, 7) is 1.13. The third-order valence-electron chi connectivity index (χ3n) is 3.96. The molecular weight excluding hydrogens is 256 g/mol. The molecule has 0 spiro atoms. The lowest BCUT2D eigenvalue weighted by Crippen LogP contribution is -2.37. The van der Waals surface area contributed by atoms with E-state index < -0.39 is 5.97 Å².